The smallest absolute Gasteiger partial charge is 0.402 e. The molecule has 0 atom stereocenters. The molecule has 0 saturated heterocycles. The molecule has 0 bridgehead atoms. The fourth-order valence-corrected chi connectivity index (χ4v) is 3.93. The van der Waals surface area contributed by atoms with Crippen LogP contribution in [0.15, 0.2) is 84.9 Å². The second-order valence-corrected chi connectivity index (χ2v) is 7.97. The third-order valence-corrected chi connectivity index (χ3v) is 5.77. The van der Waals surface area contributed by atoms with Crippen molar-refractivity contribution in [2.75, 3.05) is 7.11 Å². The van der Waals surface area contributed by atoms with E-state index in [9.17, 15) is 9.36 Å². The highest BCUT2D eigenvalue weighted by atomic mass is 31.2. The van der Waals surface area contributed by atoms with Gasteiger partial charge < -0.3 is 4.74 Å². The first kappa shape index (κ1) is 20.0. The van der Waals surface area contributed by atoms with E-state index >= 15 is 0 Å². The number of carbonyl (C=O) groups is 1. The van der Waals surface area contributed by atoms with Crippen LogP contribution in [0.5, 0.6) is 5.75 Å². The maximum Gasteiger partial charge on any atom is 0.402 e. The molecule has 0 saturated carbocycles. The molecule has 3 rings (SSSR count). The first-order chi connectivity index (χ1) is 13.6. The molecule has 0 unspecified atom stereocenters. The molecule has 0 amide bonds. The van der Waals surface area contributed by atoms with Gasteiger partial charge in [-0.1, -0.05) is 60.7 Å². The Morgan fingerprint density at radius 3 is 1.64 bits per heavy atom. The van der Waals surface area contributed by atoms with Crippen LogP contribution in [0.4, 0.5) is 0 Å². The Morgan fingerprint density at radius 1 is 0.750 bits per heavy atom. The van der Waals surface area contributed by atoms with Crippen LogP contribution < -0.4 is 4.74 Å². The van der Waals surface area contributed by atoms with Gasteiger partial charge in [0, 0.05) is 5.56 Å². The van der Waals surface area contributed by atoms with Crippen LogP contribution in [0, 0.1) is 0 Å². The number of rotatable bonds is 9. The van der Waals surface area contributed by atoms with Crippen molar-refractivity contribution < 1.29 is 23.1 Å². The number of hydrogen-bond donors (Lipinski definition) is 0. The molecule has 0 heterocycles. The van der Waals surface area contributed by atoms with E-state index in [1.807, 2.05) is 60.7 Å². The van der Waals surface area contributed by atoms with Gasteiger partial charge in [-0.2, -0.15) is 0 Å². The van der Waals surface area contributed by atoms with E-state index < -0.39 is 13.1 Å². The van der Waals surface area contributed by atoms with Crippen LogP contribution in [-0.2, 0) is 26.8 Å². The molecule has 0 fully saturated rings. The summed E-state index contributed by atoms with van der Waals surface area (Å²) in [5.41, 5.74) is 1.16. The quantitative estimate of drug-likeness (QED) is 0.449. The molecular formula is C22H21O5P. The molecule has 5 nitrogen and oxygen atoms in total. The highest BCUT2D eigenvalue weighted by Crippen LogP contribution is 2.52. The lowest BCUT2D eigenvalue weighted by molar-refractivity contribution is 0.0983. The van der Waals surface area contributed by atoms with Crippen molar-refractivity contribution in [1.82, 2.24) is 0 Å². The van der Waals surface area contributed by atoms with Crippen LogP contribution in [0.1, 0.15) is 21.5 Å². The average Bonchev–Trinajstić information content (AvgIpc) is 2.77. The van der Waals surface area contributed by atoms with E-state index in [0.717, 1.165) is 11.1 Å². The fourth-order valence-electron chi connectivity index (χ4n) is 2.51. The molecule has 3 aromatic rings. The second-order valence-electron chi connectivity index (χ2n) is 6.05. The van der Waals surface area contributed by atoms with E-state index in [4.69, 9.17) is 13.8 Å². The predicted octanol–water partition coefficient (Wildman–Crippen LogP) is 5.46. The van der Waals surface area contributed by atoms with Gasteiger partial charge in [-0.15, -0.1) is 0 Å². The minimum atomic E-state index is -4.07. The number of hydrogen-bond acceptors (Lipinski definition) is 5. The van der Waals surface area contributed by atoms with Crippen LogP contribution in [0.3, 0.4) is 0 Å². The van der Waals surface area contributed by atoms with E-state index in [1.165, 1.54) is 7.11 Å². The third kappa shape index (κ3) is 5.17. The third-order valence-electron chi connectivity index (χ3n) is 4.07. The minimum absolute atomic E-state index is 0.00873. The van der Waals surface area contributed by atoms with Crippen molar-refractivity contribution in [3.63, 3.8) is 0 Å². The zero-order valence-corrected chi connectivity index (χ0v) is 16.4. The molecule has 0 radical (unpaired) electrons. The van der Waals surface area contributed by atoms with Crippen molar-refractivity contribution in [3.8, 4) is 5.75 Å². The van der Waals surface area contributed by atoms with E-state index in [2.05, 4.69) is 0 Å². The van der Waals surface area contributed by atoms with Gasteiger partial charge in [-0.3, -0.25) is 18.4 Å². The molecule has 144 valence electrons. The lowest BCUT2D eigenvalue weighted by atomic mass is 10.2. The highest BCUT2D eigenvalue weighted by Gasteiger charge is 2.36. The first-order valence-corrected chi connectivity index (χ1v) is 10.3. The molecule has 0 N–H and O–H groups in total. The van der Waals surface area contributed by atoms with Crippen molar-refractivity contribution >= 4 is 13.1 Å². The average molecular weight is 396 g/mol. The van der Waals surface area contributed by atoms with Gasteiger partial charge in [0.2, 0.25) is 0 Å². The van der Waals surface area contributed by atoms with Gasteiger partial charge in [0.1, 0.15) is 5.75 Å². The van der Waals surface area contributed by atoms with Crippen LogP contribution in [0.25, 0.3) is 0 Å². The van der Waals surface area contributed by atoms with E-state index in [1.54, 1.807) is 24.3 Å². The van der Waals surface area contributed by atoms with Gasteiger partial charge in [0.25, 0.3) is 5.52 Å². The Labute approximate surface area is 164 Å². The summed E-state index contributed by atoms with van der Waals surface area (Å²) < 4.78 is 29.6. The molecule has 3 aromatic carbocycles. The van der Waals surface area contributed by atoms with E-state index in [-0.39, 0.29) is 18.8 Å². The lowest BCUT2D eigenvalue weighted by Gasteiger charge is -2.18. The standard InChI is InChI=1S/C22H21O5P/c1-25-21-14-12-20(13-15-21)22(23)28(24,26-16-18-8-4-2-5-9-18)27-17-19-10-6-3-7-11-19/h2-15H,16-17H2,1H3. The van der Waals surface area contributed by atoms with Crippen LogP contribution in [0.2, 0.25) is 0 Å². The largest absolute Gasteiger partial charge is 0.497 e. The molecule has 6 heteroatoms. The predicted molar refractivity (Wildman–Crippen MR) is 107 cm³/mol. The maximum absolute atomic E-state index is 13.4. The Hall–Kier alpha value is -2.72. The molecule has 0 aliphatic heterocycles. The molecule has 0 aliphatic rings. The highest BCUT2D eigenvalue weighted by molar-refractivity contribution is 7.72. The Bertz CT molecular complexity index is 892. The van der Waals surface area contributed by atoms with Gasteiger partial charge in [-0.05, 0) is 35.4 Å². The van der Waals surface area contributed by atoms with E-state index in [0.29, 0.717) is 5.75 Å². The van der Waals surface area contributed by atoms with Gasteiger partial charge in [-0.25, -0.2) is 0 Å². The fraction of sp³-hybridized carbons (Fsp3) is 0.136. The maximum atomic E-state index is 13.4. The summed E-state index contributed by atoms with van der Waals surface area (Å²) in [5.74, 6) is 0.599. The number of ether oxygens (including phenoxy) is 1. The molecule has 28 heavy (non-hydrogen) atoms. The molecule has 0 spiro atoms. The number of carbonyl (C=O) groups excluding carboxylic acids is 1. The molecule has 0 aliphatic carbocycles. The Kier molecular flexibility index (Phi) is 6.77. The summed E-state index contributed by atoms with van der Waals surface area (Å²) in [6, 6.07) is 24.8. The summed E-state index contributed by atoms with van der Waals surface area (Å²) in [4.78, 5) is 13.0. The lowest BCUT2D eigenvalue weighted by Crippen LogP contribution is -2.08. The van der Waals surface area contributed by atoms with Crippen molar-refractivity contribution in [2.24, 2.45) is 0 Å². The summed E-state index contributed by atoms with van der Waals surface area (Å²) in [6.45, 7) is 0.0175. The molecule has 0 aromatic heterocycles. The van der Waals surface area contributed by atoms with Crippen molar-refractivity contribution in [3.05, 3.63) is 102 Å². The van der Waals surface area contributed by atoms with Gasteiger partial charge in [0.05, 0.1) is 20.3 Å². The van der Waals surface area contributed by atoms with Crippen molar-refractivity contribution in [2.45, 2.75) is 13.2 Å². The second kappa shape index (κ2) is 9.47. The monoisotopic (exact) mass is 396 g/mol. The van der Waals surface area contributed by atoms with Crippen molar-refractivity contribution in [1.29, 1.82) is 0 Å². The zero-order chi connectivity index (χ0) is 19.8. The summed E-state index contributed by atoms with van der Waals surface area (Å²) in [7, 11) is -2.53. The van der Waals surface area contributed by atoms with Crippen LogP contribution >= 0.6 is 7.60 Å². The Morgan fingerprint density at radius 2 is 1.21 bits per heavy atom. The van der Waals surface area contributed by atoms with Gasteiger partial charge >= 0.3 is 7.60 Å². The normalized spacial score (nSPS) is 11.2. The topological polar surface area (TPSA) is 61.8 Å². The number of methoxy groups -OCH3 is 1. The Balaban J connectivity index is 1.81. The van der Waals surface area contributed by atoms with Gasteiger partial charge in [0.15, 0.2) is 0 Å². The summed E-state index contributed by atoms with van der Waals surface area (Å²) in [5, 5.41) is 0. The number of benzene rings is 3. The van der Waals surface area contributed by atoms with Crippen LogP contribution in [-0.4, -0.2) is 12.6 Å². The zero-order valence-electron chi connectivity index (χ0n) is 15.5. The SMILES string of the molecule is COc1ccc(C(=O)P(=O)(OCc2ccccc2)OCc2ccccc2)cc1. The minimum Gasteiger partial charge on any atom is -0.497 e. The summed E-state index contributed by atoms with van der Waals surface area (Å²) in [6.07, 6.45) is 0. The first-order valence-electron chi connectivity index (χ1n) is 8.77. The summed E-state index contributed by atoms with van der Waals surface area (Å²) >= 11 is 0. The molecular weight excluding hydrogens is 375 g/mol.